The molecule has 0 fully saturated rings. The minimum absolute atomic E-state index is 0.130. The quantitative estimate of drug-likeness (QED) is 0.526. The minimum Gasteiger partial charge on any atom is -0.480 e. The van der Waals surface area contributed by atoms with Crippen LogP contribution in [-0.4, -0.2) is 41.0 Å². The number of carboxylic acids is 1. The van der Waals surface area contributed by atoms with Crippen LogP contribution in [0.5, 0.6) is 0 Å². The summed E-state index contributed by atoms with van der Waals surface area (Å²) in [6, 6.07) is 14.4. The van der Waals surface area contributed by atoms with Crippen molar-refractivity contribution in [1.82, 2.24) is 15.6 Å². The van der Waals surface area contributed by atoms with Gasteiger partial charge >= 0.3 is 5.97 Å². The number of hydrogen-bond donors (Lipinski definition) is 3. The number of carboxylic acid groups (broad SMARTS) is 1. The number of amides is 2. The monoisotopic (exact) mass is 411 g/mol. The lowest BCUT2D eigenvalue weighted by Gasteiger charge is -2.05. The van der Waals surface area contributed by atoms with Gasteiger partial charge in [-0.15, -0.1) is 11.3 Å². The van der Waals surface area contributed by atoms with Crippen LogP contribution in [0.1, 0.15) is 21.1 Å². The van der Waals surface area contributed by atoms with Crippen molar-refractivity contribution < 1.29 is 19.5 Å². The van der Waals surface area contributed by atoms with Crippen LogP contribution in [0.25, 0.3) is 10.8 Å². The lowest BCUT2D eigenvalue weighted by molar-refractivity contribution is -0.137. The largest absolute Gasteiger partial charge is 0.480 e. The molecule has 0 saturated heterocycles. The number of hydrogen-bond acceptors (Lipinski definition) is 5. The van der Waals surface area contributed by atoms with Gasteiger partial charge in [-0.2, -0.15) is 0 Å². The number of aliphatic carboxylic acids is 1. The molecular formula is C21H21N3O4S. The zero-order valence-corrected chi connectivity index (χ0v) is 16.7. The fourth-order valence-electron chi connectivity index (χ4n) is 2.96. The maximum absolute atomic E-state index is 12.1. The molecule has 2 amide bonds. The smallest absolute Gasteiger partial charge is 0.322 e. The Morgan fingerprint density at radius 3 is 2.52 bits per heavy atom. The minimum atomic E-state index is -1.14. The number of benzene rings is 2. The van der Waals surface area contributed by atoms with Crippen LogP contribution in [-0.2, 0) is 27.2 Å². The second-order valence-corrected chi connectivity index (χ2v) is 7.72. The van der Waals surface area contributed by atoms with Gasteiger partial charge in [-0.1, -0.05) is 42.5 Å². The number of fused-ring (bicyclic) bond motifs is 1. The zero-order valence-electron chi connectivity index (χ0n) is 15.9. The summed E-state index contributed by atoms with van der Waals surface area (Å²) in [6.07, 6.45) is 0.817. The number of carbonyl (C=O) groups is 3. The zero-order chi connectivity index (χ0) is 20.8. The summed E-state index contributed by atoms with van der Waals surface area (Å²) in [5.74, 6) is -1.99. The van der Waals surface area contributed by atoms with Crippen LogP contribution in [0, 0.1) is 6.92 Å². The number of nitrogens with zero attached hydrogens (tertiary/aromatic N) is 1. The number of nitrogens with one attached hydrogen (secondary N) is 2. The molecule has 0 aliphatic heterocycles. The van der Waals surface area contributed by atoms with Gasteiger partial charge in [-0.05, 0) is 23.3 Å². The van der Waals surface area contributed by atoms with Crippen LogP contribution >= 0.6 is 11.3 Å². The Kier molecular flexibility index (Phi) is 6.56. The van der Waals surface area contributed by atoms with E-state index < -0.39 is 18.4 Å². The first-order valence-electron chi connectivity index (χ1n) is 9.09. The maximum Gasteiger partial charge on any atom is 0.322 e. The molecule has 3 N–H and O–H groups in total. The van der Waals surface area contributed by atoms with Crippen LogP contribution in [0.15, 0.2) is 42.5 Å². The molecular weight excluding hydrogens is 390 g/mol. The maximum atomic E-state index is 12.1. The molecule has 7 nitrogen and oxygen atoms in total. The molecule has 0 spiro atoms. The fraction of sp³-hybridized carbons (Fsp3) is 0.238. The van der Waals surface area contributed by atoms with Crippen molar-refractivity contribution >= 4 is 39.9 Å². The van der Waals surface area contributed by atoms with Gasteiger partial charge < -0.3 is 15.7 Å². The van der Waals surface area contributed by atoms with Crippen molar-refractivity contribution in [2.45, 2.75) is 19.8 Å². The van der Waals surface area contributed by atoms with E-state index in [1.807, 2.05) is 25.1 Å². The van der Waals surface area contributed by atoms with Gasteiger partial charge in [0, 0.05) is 11.3 Å². The van der Waals surface area contributed by atoms with Gasteiger partial charge in [0.25, 0.3) is 0 Å². The van der Waals surface area contributed by atoms with Gasteiger partial charge in [-0.25, -0.2) is 4.98 Å². The number of thiazole rings is 1. The summed E-state index contributed by atoms with van der Waals surface area (Å²) in [5.41, 5.74) is 1.98. The van der Waals surface area contributed by atoms with E-state index in [2.05, 4.69) is 39.9 Å². The van der Waals surface area contributed by atoms with Crippen LogP contribution in [0.4, 0.5) is 0 Å². The molecule has 1 heterocycles. The molecule has 0 aliphatic rings. The molecule has 3 rings (SSSR count). The molecule has 0 bridgehead atoms. The van der Waals surface area contributed by atoms with E-state index in [-0.39, 0.29) is 18.9 Å². The van der Waals surface area contributed by atoms with Gasteiger partial charge in [0.05, 0.1) is 23.7 Å². The highest BCUT2D eigenvalue weighted by Crippen LogP contribution is 2.25. The Morgan fingerprint density at radius 2 is 1.72 bits per heavy atom. The number of aryl methyl sites for hydroxylation is 1. The second-order valence-electron chi connectivity index (χ2n) is 6.56. The molecule has 1 aromatic heterocycles. The van der Waals surface area contributed by atoms with Crippen molar-refractivity contribution in [2.75, 3.05) is 13.1 Å². The fourth-order valence-corrected chi connectivity index (χ4v) is 4.05. The van der Waals surface area contributed by atoms with Crippen molar-refractivity contribution in [3.05, 3.63) is 63.6 Å². The Hall–Kier alpha value is -3.26. The topological polar surface area (TPSA) is 108 Å². The summed E-state index contributed by atoms with van der Waals surface area (Å²) < 4.78 is 0. The third-order valence-electron chi connectivity index (χ3n) is 4.36. The third kappa shape index (κ3) is 5.61. The van der Waals surface area contributed by atoms with Crippen molar-refractivity contribution in [3.8, 4) is 0 Å². The molecule has 8 heteroatoms. The average Bonchev–Trinajstić information content (AvgIpc) is 3.03. The first kappa shape index (κ1) is 20.5. The molecule has 3 aromatic rings. The Labute approximate surface area is 171 Å². The van der Waals surface area contributed by atoms with E-state index in [9.17, 15) is 14.4 Å². The van der Waals surface area contributed by atoms with Crippen molar-refractivity contribution in [3.63, 3.8) is 0 Å². The number of carbonyl (C=O) groups excluding carboxylic acids is 2. The van der Waals surface area contributed by atoms with Gasteiger partial charge in [0.2, 0.25) is 11.8 Å². The Bertz CT molecular complexity index is 1060. The number of rotatable bonds is 8. The molecule has 0 aliphatic carbocycles. The standard InChI is InChI=1S/C21H21N3O4S/c1-13-17(10-18(25)22-11-19(26)23-12-21(27)28)29-20(24-13)9-15-7-4-6-14-5-2-3-8-16(14)15/h2-8H,9-12H2,1H3,(H,22,25)(H,23,26)(H,27,28). The van der Waals surface area contributed by atoms with Crippen molar-refractivity contribution in [2.24, 2.45) is 0 Å². The molecule has 29 heavy (non-hydrogen) atoms. The van der Waals surface area contributed by atoms with E-state index in [4.69, 9.17) is 5.11 Å². The van der Waals surface area contributed by atoms with E-state index in [0.717, 1.165) is 15.6 Å². The predicted octanol–water partition coefficient (Wildman–Crippen LogP) is 2.06. The van der Waals surface area contributed by atoms with Gasteiger partial charge in [0.15, 0.2) is 0 Å². The lowest BCUT2D eigenvalue weighted by atomic mass is 10.0. The molecule has 2 aromatic carbocycles. The van der Waals surface area contributed by atoms with Crippen molar-refractivity contribution in [1.29, 1.82) is 0 Å². The Morgan fingerprint density at radius 1 is 1.00 bits per heavy atom. The summed E-state index contributed by atoms with van der Waals surface area (Å²) in [5, 5.41) is 16.5. The third-order valence-corrected chi connectivity index (χ3v) is 5.52. The van der Waals surface area contributed by atoms with E-state index in [1.165, 1.54) is 27.7 Å². The Balaban J connectivity index is 1.60. The highest BCUT2D eigenvalue weighted by Gasteiger charge is 2.14. The second kappa shape index (κ2) is 9.29. The highest BCUT2D eigenvalue weighted by molar-refractivity contribution is 7.11. The summed E-state index contributed by atoms with van der Waals surface area (Å²) >= 11 is 1.49. The highest BCUT2D eigenvalue weighted by atomic mass is 32.1. The van der Waals surface area contributed by atoms with Crippen LogP contribution in [0.2, 0.25) is 0 Å². The van der Waals surface area contributed by atoms with Crippen LogP contribution < -0.4 is 10.6 Å². The first-order valence-corrected chi connectivity index (χ1v) is 9.91. The molecule has 0 saturated carbocycles. The number of aromatic nitrogens is 1. The van der Waals surface area contributed by atoms with E-state index in [1.54, 1.807) is 0 Å². The van der Waals surface area contributed by atoms with Gasteiger partial charge in [0.1, 0.15) is 6.54 Å². The molecule has 0 unspecified atom stereocenters. The average molecular weight is 411 g/mol. The summed E-state index contributed by atoms with van der Waals surface area (Å²) in [7, 11) is 0. The SMILES string of the molecule is Cc1nc(Cc2cccc3ccccc23)sc1CC(=O)NCC(=O)NCC(=O)O. The normalized spacial score (nSPS) is 10.7. The molecule has 150 valence electrons. The lowest BCUT2D eigenvalue weighted by Crippen LogP contribution is -2.39. The van der Waals surface area contributed by atoms with E-state index in [0.29, 0.717) is 6.42 Å². The van der Waals surface area contributed by atoms with Gasteiger partial charge in [-0.3, -0.25) is 14.4 Å². The first-order chi connectivity index (χ1) is 13.9. The molecule has 0 atom stereocenters. The summed E-state index contributed by atoms with van der Waals surface area (Å²) in [6.45, 7) is 1.14. The van der Waals surface area contributed by atoms with Crippen LogP contribution in [0.3, 0.4) is 0 Å². The summed E-state index contributed by atoms with van der Waals surface area (Å²) in [4.78, 5) is 39.5. The van der Waals surface area contributed by atoms with E-state index >= 15 is 0 Å². The molecule has 0 radical (unpaired) electrons. The predicted molar refractivity (Wildman–Crippen MR) is 111 cm³/mol.